The van der Waals surface area contributed by atoms with E-state index in [0.29, 0.717) is 18.1 Å². The van der Waals surface area contributed by atoms with Crippen LogP contribution in [0.25, 0.3) is 0 Å². The van der Waals surface area contributed by atoms with Crippen molar-refractivity contribution in [1.29, 1.82) is 0 Å². The molecule has 6 nitrogen and oxygen atoms in total. The minimum atomic E-state index is -3.16. The molecule has 0 heterocycles. The smallest absolute Gasteiger partial charge is 0.407 e. The van der Waals surface area contributed by atoms with Gasteiger partial charge in [0.05, 0.1) is 12.1 Å². The highest BCUT2D eigenvalue weighted by atomic mass is 28.4. The van der Waals surface area contributed by atoms with Gasteiger partial charge in [0.15, 0.2) is 8.32 Å². The third-order valence-electron chi connectivity index (χ3n) is 4.23. The van der Waals surface area contributed by atoms with Crippen molar-refractivity contribution in [2.45, 2.75) is 83.8 Å². The molecule has 2 atom stereocenters. The van der Waals surface area contributed by atoms with E-state index in [0.717, 1.165) is 6.92 Å². The molecule has 0 aliphatic heterocycles. The average molecular weight is 368 g/mol. The van der Waals surface area contributed by atoms with Gasteiger partial charge in [-0.25, -0.2) is 13.6 Å². The Balaban J connectivity index is 5.68. The van der Waals surface area contributed by atoms with E-state index in [4.69, 9.17) is 9.16 Å². The Morgan fingerprint density at radius 2 is 1.62 bits per heavy atom. The van der Waals surface area contributed by atoms with Crippen LogP contribution < -0.4 is 10.4 Å². The molecule has 0 radical (unpaired) electrons. The van der Waals surface area contributed by atoms with Gasteiger partial charge in [-0.1, -0.05) is 20.8 Å². The van der Waals surface area contributed by atoms with E-state index in [1.54, 1.807) is 13.8 Å². The summed E-state index contributed by atoms with van der Waals surface area (Å²) < 4.78 is 37.6. The molecule has 0 bridgehead atoms. The van der Waals surface area contributed by atoms with Crippen LogP contribution in [0.4, 0.5) is 13.6 Å². The van der Waals surface area contributed by atoms with Crippen molar-refractivity contribution in [2.75, 3.05) is 0 Å². The SMILES string of the molecule is CC[Si](CC)(CC)O[C@@](C)(C(=O)[O-])[C@@H](NC(=O)OC(C)C)C(F)F. The molecule has 0 fully saturated rings. The monoisotopic (exact) mass is 368 g/mol. The molecule has 0 aromatic heterocycles. The van der Waals surface area contributed by atoms with E-state index in [1.165, 1.54) is 0 Å². The molecule has 1 N–H and O–H groups in total. The van der Waals surface area contributed by atoms with Crippen LogP contribution in [0.15, 0.2) is 0 Å². The maximum Gasteiger partial charge on any atom is 0.407 e. The maximum atomic E-state index is 13.5. The van der Waals surface area contributed by atoms with E-state index < -0.39 is 44.6 Å². The van der Waals surface area contributed by atoms with Crippen LogP contribution in [-0.4, -0.2) is 44.6 Å². The van der Waals surface area contributed by atoms with Crippen molar-refractivity contribution in [1.82, 2.24) is 5.32 Å². The van der Waals surface area contributed by atoms with Gasteiger partial charge in [-0.3, -0.25) is 0 Å². The van der Waals surface area contributed by atoms with Crippen LogP contribution >= 0.6 is 0 Å². The predicted octanol–water partition coefficient (Wildman–Crippen LogP) is 2.29. The summed E-state index contributed by atoms with van der Waals surface area (Å²) in [5, 5.41) is 13.6. The molecule has 1 amide bonds. The highest BCUT2D eigenvalue weighted by Crippen LogP contribution is 2.31. The molecule has 24 heavy (non-hydrogen) atoms. The summed E-state index contributed by atoms with van der Waals surface area (Å²) in [7, 11) is -2.55. The summed E-state index contributed by atoms with van der Waals surface area (Å²) in [4.78, 5) is 23.3. The Labute approximate surface area is 143 Å². The summed E-state index contributed by atoms with van der Waals surface area (Å²) >= 11 is 0. The number of nitrogens with one attached hydrogen (secondary N) is 1. The Morgan fingerprint density at radius 3 is 1.92 bits per heavy atom. The van der Waals surface area contributed by atoms with Crippen LogP contribution in [0.5, 0.6) is 0 Å². The molecule has 9 heteroatoms. The van der Waals surface area contributed by atoms with Gasteiger partial charge in [0, 0.05) is 0 Å². The Morgan fingerprint density at radius 1 is 1.17 bits per heavy atom. The van der Waals surface area contributed by atoms with Crippen LogP contribution in [0.2, 0.25) is 18.1 Å². The summed E-state index contributed by atoms with van der Waals surface area (Å²) in [6.45, 7) is 9.65. The fourth-order valence-electron chi connectivity index (χ4n) is 2.46. The number of carboxylic acid groups (broad SMARTS) is 1. The molecule has 142 valence electrons. The largest absolute Gasteiger partial charge is 0.547 e. The number of amides is 1. The normalized spacial score (nSPS) is 15.9. The quantitative estimate of drug-likeness (QED) is 0.598. The minimum absolute atomic E-state index is 0.533. The summed E-state index contributed by atoms with van der Waals surface area (Å²) in [5.41, 5.74) is -2.35. The Bertz CT molecular complexity index is 424. The Hall–Kier alpha value is -1.22. The van der Waals surface area contributed by atoms with Crippen molar-refractivity contribution in [3.63, 3.8) is 0 Å². The van der Waals surface area contributed by atoms with Gasteiger partial charge in [0.2, 0.25) is 0 Å². The van der Waals surface area contributed by atoms with Crippen molar-refractivity contribution in [3.05, 3.63) is 0 Å². The lowest BCUT2D eigenvalue weighted by molar-refractivity contribution is -0.325. The molecule has 0 saturated heterocycles. The molecule has 0 unspecified atom stereocenters. The molecule has 0 rings (SSSR count). The molecule has 0 aromatic rings. The number of alkyl halides is 2. The molecule has 0 spiro atoms. The zero-order valence-electron chi connectivity index (χ0n) is 15.2. The molecule has 0 saturated carbocycles. The minimum Gasteiger partial charge on any atom is -0.547 e. The summed E-state index contributed by atoms with van der Waals surface area (Å²) in [6, 6.07) is -0.384. The Kier molecular flexibility index (Phi) is 8.84. The highest BCUT2D eigenvalue weighted by Gasteiger charge is 2.48. The van der Waals surface area contributed by atoms with Crippen LogP contribution in [0.1, 0.15) is 41.5 Å². The van der Waals surface area contributed by atoms with E-state index in [-0.39, 0.29) is 0 Å². The second-order valence-electron chi connectivity index (χ2n) is 6.15. The van der Waals surface area contributed by atoms with Gasteiger partial charge in [0.1, 0.15) is 11.6 Å². The molecular weight excluding hydrogens is 340 g/mol. The predicted molar refractivity (Wildman–Crippen MR) is 86.2 cm³/mol. The first-order chi connectivity index (χ1) is 11.0. The molecule has 0 aromatic carbocycles. The van der Waals surface area contributed by atoms with Gasteiger partial charge in [0.25, 0.3) is 6.43 Å². The number of aliphatic carboxylic acids is 1. The highest BCUT2D eigenvalue weighted by molar-refractivity contribution is 6.73. The lowest BCUT2D eigenvalue weighted by atomic mass is 9.97. The van der Waals surface area contributed by atoms with Crippen molar-refractivity contribution in [2.24, 2.45) is 0 Å². The van der Waals surface area contributed by atoms with Gasteiger partial charge >= 0.3 is 6.09 Å². The fraction of sp³-hybridized carbons (Fsp3) is 0.867. The van der Waals surface area contributed by atoms with E-state index in [9.17, 15) is 23.5 Å². The number of alkyl carbamates (subject to hydrolysis) is 1. The van der Waals surface area contributed by atoms with E-state index >= 15 is 0 Å². The number of halogens is 2. The molecular formula is C15H28F2NO5Si-. The number of carboxylic acids is 1. The third-order valence-corrected chi connectivity index (χ3v) is 8.95. The van der Waals surface area contributed by atoms with Crippen LogP contribution in [0, 0.1) is 0 Å². The zero-order chi connectivity index (χ0) is 19.1. The van der Waals surface area contributed by atoms with Crippen LogP contribution in [0.3, 0.4) is 0 Å². The fourth-order valence-corrected chi connectivity index (χ4v) is 5.51. The second-order valence-corrected chi connectivity index (χ2v) is 10.8. The summed E-state index contributed by atoms with van der Waals surface area (Å²) in [6.07, 6.45) is -4.82. The van der Waals surface area contributed by atoms with E-state index in [1.807, 2.05) is 26.1 Å². The third kappa shape index (κ3) is 5.69. The van der Waals surface area contributed by atoms with E-state index in [2.05, 4.69) is 0 Å². The molecule has 0 aliphatic rings. The average Bonchev–Trinajstić information content (AvgIpc) is 2.49. The second kappa shape index (κ2) is 9.31. The van der Waals surface area contributed by atoms with Crippen LogP contribution in [-0.2, 0) is 14.0 Å². The number of rotatable bonds is 10. The number of ether oxygens (including phenoxy) is 1. The first-order valence-corrected chi connectivity index (χ1v) is 10.7. The lowest BCUT2D eigenvalue weighted by Crippen LogP contribution is -2.67. The number of hydrogen-bond donors (Lipinski definition) is 1. The van der Waals surface area contributed by atoms with Crippen molar-refractivity contribution < 1.29 is 32.6 Å². The molecule has 0 aliphatic carbocycles. The number of hydrogen-bond acceptors (Lipinski definition) is 5. The first-order valence-electron chi connectivity index (χ1n) is 8.14. The topological polar surface area (TPSA) is 87.7 Å². The standard InChI is InChI=1S/C15H29F2NO5Si/c1-7-24(8-2,9-3)23-15(6,13(19)20)11(12(16)17)18-14(21)22-10(4)5/h10-12H,7-9H2,1-6H3,(H,18,21)(H,19,20)/p-1/t11-,15+/m0/s1. The van der Waals surface area contributed by atoms with Crippen molar-refractivity contribution >= 4 is 20.4 Å². The van der Waals surface area contributed by atoms with Gasteiger partial charge in [-0.2, -0.15) is 0 Å². The maximum absolute atomic E-state index is 13.5. The van der Waals surface area contributed by atoms with Gasteiger partial charge in [-0.15, -0.1) is 0 Å². The lowest BCUT2D eigenvalue weighted by Gasteiger charge is -2.45. The first kappa shape index (κ1) is 22.8. The number of carbonyl (C=O) groups is 2. The van der Waals surface area contributed by atoms with Gasteiger partial charge in [-0.05, 0) is 38.9 Å². The zero-order valence-corrected chi connectivity index (χ0v) is 16.2. The van der Waals surface area contributed by atoms with Crippen molar-refractivity contribution in [3.8, 4) is 0 Å². The number of carbonyl (C=O) groups excluding carboxylic acids is 2. The van der Waals surface area contributed by atoms with Gasteiger partial charge < -0.3 is 24.4 Å². The summed E-state index contributed by atoms with van der Waals surface area (Å²) in [5.74, 6) is -1.79.